The van der Waals surface area contributed by atoms with Crippen LogP contribution in [0.3, 0.4) is 0 Å². The largest absolute Gasteiger partial charge is 0.265 e. The Hall–Kier alpha value is -2.94. The number of anilines is 1. The molecule has 0 amide bonds. The number of aromatic nitrogens is 1. The summed E-state index contributed by atoms with van der Waals surface area (Å²) < 4.78 is 107. The van der Waals surface area contributed by atoms with Gasteiger partial charge >= 0.3 is 0 Å². The van der Waals surface area contributed by atoms with Crippen molar-refractivity contribution in [1.29, 1.82) is 0 Å². The number of hydrogen-bond acceptors (Lipinski definition) is 7. The molecular weight excluding hydrogens is 572 g/mol. The van der Waals surface area contributed by atoms with Crippen molar-refractivity contribution in [1.82, 2.24) is 9.71 Å². The number of fused-ring (bicyclic) bond motifs is 1. The third-order valence-electron chi connectivity index (χ3n) is 6.90. The van der Waals surface area contributed by atoms with Crippen LogP contribution in [-0.2, 0) is 36.3 Å². The van der Waals surface area contributed by atoms with Crippen molar-refractivity contribution in [3.8, 4) is 11.1 Å². The average Bonchev–Trinajstić information content (AvgIpc) is 3.32. The minimum absolute atomic E-state index is 0.0379. The molecule has 3 heterocycles. The zero-order valence-corrected chi connectivity index (χ0v) is 22.9. The third-order valence-corrected chi connectivity index (χ3v) is 12.0. The number of halogens is 2. The minimum Gasteiger partial charge on any atom is -0.240 e. The van der Waals surface area contributed by atoms with E-state index in [1.807, 2.05) is 0 Å². The van der Waals surface area contributed by atoms with Gasteiger partial charge in [-0.15, -0.1) is 0 Å². The van der Waals surface area contributed by atoms with Crippen LogP contribution in [-0.4, -0.2) is 60.3 Å². The second-order valence-corrected chi connectivity index (χ2v) is 15.3. The van der Waals surface area contributed by atoms with Crippen molar-refractivity contribution in [2.45, 2.75) is 47.6 Å². The fraction of sp³-hybridized carbons (Fsp3) is 0.320. The monoisotopic (exact) mass is 597 g/mol. The van der Waals surface area contributed by atoms with E-state index in [0.29, 0.717) is 21.0 Å². The van der Waals surface area contributed by atoms with Crippen molar-refractivity contribution in [3.05, 3.63) is 72.4 Å². The lowest BCUT2D eigenvalue weighted by Crippen LogP contribution is -2.42. The number of sulfonamides is 2. The molecule has 1 atom stereocenters. The standard InChI is InChI=1S/C25H25F2N3O6S3/c26-24(27)23-16-22-21(10-13-28-25(22)30(23)39(35,36)20-4-2-1-3-5-20)17-6-8-19(9-7-17)38(33,34)29-18-11-14-37(31,32)15-12-18/h1-10,13,18,23-24,29H,11-12,14-16H2. The molecule has 1 saturated heterocycles. The molecule has 0 saturated carbocycles. The molecule has 0 radical (unpaired) electrons. The average molecular weight is 598 g/mol. The number of nitrogens with one attached hydrogen (secondary N) is 1. The van der Waals surface area contributed by atoms with Crippen molar-refractivity contribution in [2.75, 3.05) is 15.8 Å². The van der Waals surface area contributed by atoms with Gasteiger partial charge in [0.15, 0.2) is 0 Å². The van der Waals surface area contributed by atoms with E-state index in [1.165, 1.54) is 54.7 Å². The predicted molar refractivity (Wildman–Crippen MR) is 141 cm³/mol. The molecule has 14 heteroatoms. The highest BCUT2D eigenvalue weighted by atomic mass is 32.2. The molecule has 0 bridgehead atoms. The Morgan fingerprint density at radius 3 is 2.15 bits per heavy atom. The molecule has 2 aromatic carbocycles. The topological polar surface area (TPSA) is 131 Å². The Kier molecular flexibility index (Phi) is 7.24. The normalized spacial score (nSPS) is 19.8. The van der Waals surface area contributed by atoms with Crippen molar-refractivity contribution >= 4 is 35.7 Å². The summed E-state index contributed by atoms with van der Waals surface area (Å²) in [5, 5.41) is 0. The van der Waals surface area contributed by atoms with Crippen LogP contribution in [0.25, 0.3) is 11.1 Å². The number of benzene rings is 2. The van der Waals surface area contributed by atoms with Crippen molar-refractivity contribution < 1.29 is 34.0 Å². The minimum atomic E-state index is -4.33. The van der Waals surface area contributed by atoms with Crippen LogP contribution < -0.4 is 9.03 Å². The number of sulfone groups is 1. The van der Waals surface area contributed by atoms with E-state index in [0.717, 1.165) is 0 Å². The zero-order valence-electron chi connectivity index (χ0n) is 20.4. The number of rotatable bonds is 7. The molecule has 9 nitrogen and oxygen atoms in total. The SMILES string of the molecule is O=S1(=O)CCC(NS(=O)(=O)c2ccc(-c3ccnc4c3CC(C(F)F)N4S(=O)(=O)c3ccccc3)cc2)CC1. The van der Waals surface area contributed by atoms with Gasteiger partial charge in [0, 0.05) is 24.2 Å². The quantitative estimate of drug-likeness (QED) is 0.443. The molecule has 1 unspecified atom stereocenters. The molecule has 0 aliphatic carbocycles. The van der Waals surface area contributed by atoms with Crippen LogP contribution in [0.1, 0.15) is 18.4 Å². The summed E-state index contributed by atoms with van der Waals surface area (Å²) in [7, 11) is -11.4. The highest BCUT2D eigenvalue weighted by Gasteiger charge is 2.45. The molecule has 1 aromatic heterocycles. The van der Waals surface area contributed by atoms with Gasteiger partial charge < -0.3 is 0 Å². The van der Waals surface area contributed by atoms with Gasteiger partial charge in [-0.25, -0.2) is 48.0 Å². The highest BCUT2D eigenvalue weighted by Crippen LogP contribution is 2.42. The first kappa shape index (κ1) is 27.6. The second-order valence-electron chi connectivity index (χ2n) is 9.45. The Morgan fingerprint density at radius 2 is 1.54 bits per heavy atom. The van der Waals surface area contributed by atoms with Gasteiger partial charge in [0.05, 0.1) is 21.3 Å². The third kappa shape index (κ3) is 5.42. The number of hydrogen-bond donors (Lipinski definition) is 1. The van der Waals surface area contributed by atoms with E-state index in [9.17, 15) is 34.0 Å². The molecule has 39 heavy (non-hydrogen) atoms. The summed E-state index contributed by atoms with van der Waals surface area (Å²) in [5.74, 6) is -0.251. The van der Waals surface area contributed by atoms with Crippen LogP contribution in [0.5, 0.6) is 0 Å². The summed E-state index contributed by atoms with van der Waals surface area (Å²) in [6.07, 6.45) is -1.53. The molecule has 3 aromatic rings. The van der Waals surface area contributed by atoms with Gasteiger partial charge in [0.1, 0.15) is 21.7 Å². The number of alkyl halides is 2. The smallest absolute Gasteiger partial charge is 0.240 e. The predicted octanol–water partition coefficient (Wildman–Crippen LogP) is 2.99. The molecule has 2 aliphatic heterocycles. The van der Waals surface area contributed by atoms with Crippen LogP contribution in [0.4, 0.5) is 14.6 Å². The Labute approximate surface area is 225 Å². The fourth-order valence-corrected chi connectivity index (χ4v) is 9.32. The van der Waals surface area contributed by atoms with Gasteiger partial charge in [-0.1, -0.05) is 30.3 Å². The van der Waals surface area contributed by atoms with Crippen LogP contribution in [0, 0.1) is 0 Å². The summed E-state index contributed by atoms with van der Waals surface area (Å²) in [5.41, 5.74) is 1.29. The Balaban J connectivity index is 1.45. The fourth-order valence-electron chi connectivity index (χ4n) is 4.89. The molecule has 5 rings (SSSR count). The molecular formula is C25H25F2N3O6S3. The first-order valence-electron chi connectivity index (χ1n) is 12.1. The first-order valence-corrected chi connectivity index (χ1v) is 16.8. The number of nitrogens with zero attached hydrogens (tertiary/aromatic N) is 2. The summed E-state index contributed by atoms with van der Waals surface area (Å²) in [6, 6.07) is 12.5. The van der Waals surface area contributed by atoms with E-state index in [-0.39, 0.29) is 46.4 Å². The maximum Gasteiger partial charge on any atom is 0.265 e. The molecule has 0 spiro atoms. The Morgan fingerprint density at radius 1 is 0.897 bits per heavy atom. The van der Waals surface area contributed by atoms with Crippen molar-refractivity contribution in [2.24, 2.45) is 0 Å². The summed E-state index contributed by atoms with van der Waals surface area (Å²) in [6.45, 7) is 0. The van der Waals surface area contributed by atoms with Gasteiger partial charge in [0.2, 0.25) is 10.0 Å². The second kappa shape index (κ2) is 10.2. The van der Waals surface area contributed by atoms with Crippen LogP contribution in [0.15, 0.2) is 76.7 Å². The maximum atomic E-state index is 14.1. The summed E-state index contributed by atoms with van der Waals surface area (Å²) >= 11 is 0. The molecule has 1 N–H and O–H groups in total. The first-order chi connectivity index (χ1) is 18.4. The lowest BCUT2D eigenvalue weighted by molar-refractivity contribution is 0.121. The van der Waals surface area contributed by atoms with E-state index in [1.54, 1.807) is 12.1 Å². The van der Waals surface area contributed by atoms with E-state index < -0.39 is 48.4 Å². The Bertz CT molecular complexity index is 1690. The lowest BCUT2D eigenvalue weighted by atomic mass is 9.99. The highest BCUT2D eigenvalue weighted by molar-refractivity contribution is 7.93. The zero-order chi connectivity index (χ0) is 28.0. The summed E-state index contributed by atoms with van der Waals surface area (Å²) in [4.78, 5) is 3.98. The number of pyridine rings is 1. The lowest BCUT2D eigenvalue weighted by Gasteiger charge is -2.25. The van der Waals surface area contributed by atoms with Gasteiger partial charge in [-0.3, -0.25) is 0 Å². The molecule has 2 aliphatic rings. The van der Waals surface area contributed by atoms with Gasteiger partial charge in [-0.2, -0.15) is 0 Å². The van der Waals surface area contributed by atoms with E-state index in [2.05, 4.69) is 9.71 Å². The van der Waals surface area contributed by atoms with Gasteiger partial charge in [-0.05, 0) is 54.3 Å². The van der Waals surface area contributed by atoms with Crippen LogP contribution in [0.2, 0.25) is 0 Å². The van der Waals surface area contributed by atoms with Crippen molar-refractivity contribution in [3.63, 3.8) is 0 Å². The van der Waals surface area contributed by atoms with Gasteiger partial charge in [0.25, 0.3) is 16.4 Å². The van der Waals surface area contributed by atoms with E-state index in [4.69, 9.17) is 0 Å². The molecule has 1 fully saturated rings. The molecule has 208 valence electrons. The maximum absolute atomic E-state index is 14.1. The van der Waals surface area contributed by atoms with Crippen LogP contribution >= 0.6 is 0 Å². The van der Waals surface area contributed by atoms with E-state index >= 15 is 0 Å².